The number of amides is 1. The number of benzene rings is 1. The third-order valence-corrected chi connectivity index (χ3v) is 6.36. The Morgan fingerprint density at radius 3 is 2.30 bits per heavy atom. The van der Waals surface area contributed by atoms with E-state index < -0.39 is 15.6 Å². The zero-order valence-corrected chi connectivity index (χ0v) is 16.2. The molecule has 27 heavy (non-hydrogen) atoms. The molecule has 7 nitrogen and oxygen atoms in total. The molecule has 8 heteroatoms. The first kappa shape index (κ1) is 19.3. The highest BCUT2D eigenvalue weighted by Crippen LogP contribution is 2.19. The Bertz CT molecular complexity index is 978. The number of nitrogens with one attached hydrogen (secondary N) is 1. The van der Waals surface area contributed by atoms with Crippen molar-refractivity contribution in [3.63, 3.8) is 0 Å². The normalized spacial score (nSPS) is 15.9. The SMILES string of the molecule is CN(C1CCN(C(=O)c2ccc(-c3ccccc3)[nH]c2=O)CC1)S(C)(=O)=O. The van der Waals surface area contributed by atoms with Crippen LogP contribution in [0.2, 0.25) is 0 Å². The molecule has 1 aromatic heterocycles. The lowest BCUT2D eigenvalue weighted by Crippen LogP contribution is -2.47. The molecular formula is C19H23N3O4S. The van der Waals surface area contributed by atoms with Gasteiger partial charge in [0, 0.05) is 31.9 Å². The van der Waals surface area contributed by atoms with Gasteiger partial charge < -0.3 is 9.88 Å². The van der Waals surface area contributed by atoms with Crippen molar-refractivity contribution in [2.75, 3.05) is 26.4 Å². The predicted molar refractivity (Wildman–Crippen MR) is 104 cm³/mol. The van der Waals surface area contributed by atoms with Crippen LogP contribution in [-0.4, -0.2) is 60.9 Å². The number of nitrogens with zero attached hydrogens (tertiary/aromatic N) is 2. The van der Waals surface area contributed by atoms with Crippen molar-refractivity contribution in [2.24, 2.45) is 0 Å². The third-order valence-electron chi connectivity index (χ3n) is 5.01. The summed E-state index contributed by atoms with van der Waals surface area (Å²) in [5.41, 5.74) is 1.21. The van der Waals surface area contributed by atoms with Gasteiger partial charge in [0.2, 0.25) is 10.0 Å². The number of sulfonamides is 1. The Kier molecular flexibility index (Phi) is 5.48. The van der Waals surface area contributed by atoms with E-state index in [4.69, 9.17) is 0 Å². The second-order valence-corrected chi connectivity index (χ2v) is 8.83. The van der Waals surface area contributed by atoms with Crippen molar-refractivity contribution in [3.05, 3.63) is 58.4 Å². The minimum Gasteiger partial charge on any atom is -0.338 e. The maximum atomic E-state index is 12.7. The first-order chi connectivity index (χ1) is 12.8. The topological polar surface area (TPSA) is 90.6 Å². The van der Waals surface area contributed by atoms with Gasteiger partial charge >= 0.3 is 0 Å². The van der Waals surface area contributed by atoms with Crippen LogP contribution in [0, 0.1) is 0 Å². The summed E-state index contributed by atoms with van der Waals surface area (Å²) < 4.78 is 24.7. The van der Waals surface area contributed by atoms with Crippen LogP contribution >= 0.6 is 0 Å². The van der Waals surface area contributed by atoms with E-state index in [2.05, 4.69) is 4.98 Å². The number of rotatable bonds is 4. The lowest BCUT2D eigenvalue weighted by atomic mass is 10.0. The summed E-state index contributed by atoms with van der Waals surface area (Å²) in [7, 11) is -1.70. The average Bonchev–Trinajstić information content (AvgIpc) is 2.67. The molecule has 1 aliphatic rings. The fourth-order valence-corrected chi connectivity index (χ4v) is 4.05. The molecule has 3 rings (SSSR count). The zero-order valence-electron chi connectivity index (χ0n) is 15.4. The van der Waals surface area contributed by atoms with Gasteiger partial charge in [0.25, 0.3) is 11.5 Å². The van der Waals surface area contributed by atoms with Gasteiger partial charge in [-0.15, -0.1) is 0 Å². The molecule has 144 valence electrons. The summed E-state index contributed by atoms with van der Waals surface area (Å²) in [5.74, 6) is -0.323. The molecule has 0 unspecified atom stereocenters. The minimum absolute atomic E-state index is 0.101. The largest absolute Gasteiger partial charge is 0.338 e. The number of carbonyl (C=O) groups is 1. The Balaban J connectivity index is 1.71. The van der Waals surface area contributed by atoms with Gasteiger partial charge in [-0.1, -0.05) is 30.3 Å². The van der Waals surface area contributed by atoms with Crippen LogP contribution in [0.1, 0.15) is 23.2 Å². The quantitative estimate of drug-likeness (QED) is 0.859. The van der Waals surface area contributed by atoms with Crippen molar-refractivity contribution < 1.29 is 13.2 Å². The molecule has 0 spiro atoms. The van der Waals surface area contributed by atoms with Crippen molar-refractivity contribution in [3.8, 4) is 11.3 Å². The molecule has 1 saturated heterocycles. The van der Waals surface area contributed by atoms with Gasteiger partial charge in [0.15, 0.2) is 0 Å². The summed E-state index contributed by atoms with van der Waals surface area (Å²) in [6.45, 7) is 0.840. The number of H-pyrrole nitrogens is 1. The zero-order chi connectivity index (χ0) is 19.6. The second kappa shape index (κ2) is 7.66. The van der Waals surface area contributed by atoms with E-state index in [0.717, 1.165) is 5.56 Å². The van der Waals surface area contributed by atoms with Gasteiger partial charge in [-0.3, -0.25) is 9.59 Å². The molecule has 1 aliphatic heterocycles. The summed E-state index contributed by atoms with van der Waals surface area (Å²) in [5, 5.41) is 0. The first-order valence-corrected chi connectivity index (χ1v) is 10.6. The third kappa shape index (κ3) is 4.28. The summed E-state index contributed by atoms with van der Waals surface area (Å²) in [4.78, 5) is 29.5. The lowest BCUT2D eigenvalue weighted by molar-refractivity contribution is 0.0684. The van der Waals surface area contributed by atoms with Crippen LogP contribution in [-0.2, 0) is 10.0 Å². The van der Waals surface area contributed by atoms with E-state index in [0.29, 0.717) is 31.6 Å². The predicted octanol–water partition coefficient (Wildman–Crippen LogP) is 1.54. The maximum Gasteiger partial charge on any atom is 0.261 e. The summed E-state index contributed by atoms with van der Waals surface area (Å²) in [6.07, 6.45) is 2.28. The Labute approximate surface area is 158 Å². The summed E-state index contributed by atoms with van der Waals surface area (Å²) >= 11 is 0. The highest BCUT2D eigenvalue weighted by Gasteiger charge is 2.30. The van der Waals surface area contributed by atoms with E-state index in [9.17, 15) is 18.0 Å². The molecule has 0 radical (unpaired) electrons. The number of hydrogen-bond acceptors (Lipinski definition) is 4. The smallest absolute Gasteiger partial charge is 0.261 e. The number of aromatic amines is 1. The van der Waals surface area contributed by atoms with Crippen LogP contribution < -0.4 is 5.56 Å². The van der Waals surface area contributed by atoms with Crippen molar-refractivity contribution in [2.45, 2.75) is 18.9 Å². The fraction of sp³-hybridized carbons (Fsp3) is 0.368. The van der Waals surface area contributed by atoms with E-state index in [1.807, 2.05) is 30.3 Å². The minimum atomic E-state index is -3.26. The van der Waals surface area contributed by atoms with Crippen LogP contribution in [0.25, 0.3) is 11.3 Å². The molecule has 0 bridgehead atoms. The molecular weight excluding hydrogens is 366 g/mol. The van der Waals surface area contributed by atoms with E-state index in [1.165, 1.54) is 10.6 Å². The van der Waals surface area contributed by atoms with E-state index in [-0.39, 0.29) is 17.5 Å². The molecule has 2 heterocycles. The molecule has 1 N–H and O–H groups in total. The maximum absolute atomic E-state index is 12.7. The van der Waals surface area contributed by atoms with Gasteiger partial charge in [-0.05, 0) is 30.5 Å². The number of likely N-dealkylation sites (tertiary alicyclic amines) is 1. The number of pyridine rings is 1. The molecule has 2 aromatic rings. The Morgan fingerprint density at radius 2 is 1.74 bits per heavy atom. The van der Waals surface area contributed by atoms with E-state index in [1.54, 1.807) is 24.1 Å². The van der Waals surface area contributed by atoms with Crippen LogP contribution in [0.4, 0.5) is 0 Å². The fourth-order valence-electron chi connectivity index (χ4n) is 3.30. The van der Waals surface area contributed by atoms with Gasteiger partial charge in [0.1, 0.15) is 5.56 Å². The van der Waals surface area contributed by atoms with Gasteiger partial charge in [0.05, 0.1) is 6.26 Å². The monoisotopic (exact) mass is 389 g/mol. The second-order valence-electron chi connectivity index (χ2n) is 6.78. The molecule has 0 aliphatic carbocycles. The first-order valence-electron chi connectivity index (χ1n) is 8.78. The van der Waals surface area contributed by atoms with Gasteiger partial charge in [-0.2, -0.15) is 0 Å². The van der Waals surface area contributed by atoms with Crippen molar-refractivity contribution in [1.29, 1.82) is 0 Å². The number of carbonyl (C=O) groups excluding carboxylic acids is 1. The molecule has 1 fully saturated rings. The molecule has 1 aromatic carbocycles. The number of hydrogen-bond donors (Lipinski definition) is 1. The molecule has 1 amide bonds. The highest BCUT2D eigenvalue weighted by atomic mass is 32.2. The standard InChI is InChI=1S/C19H23N3O4S/c1-21(27(2,25)26)15-10-12-22(13-11-15)19(24)16-8-9-17(20-18(16)23)14-6-4-3-5-7-14/h3-9,15H,10-13H2,1-2H3,(H,20,23). The number of aromatic nitrogens is 1. The Morgan fingerprint density at radius 1 is 1.11 bits per heavy atom. The number of piperidine rings is 1. The van der Waals surface area contributed by atoms with E-state index >= 15 is 0 Å². The van der Waals surface area contributed by atoms with Crippen LogP contribution in [0.5, 0.6) is 0 Å². The van der Waals surface area contributed by atoms with Crippen molar-refractivity contribution >= 4 is 15.9 Å². The van der Waals surface area contributed by atoms with Gasteiger partial charge in [-0.25, -0.2) is 12.7 Å². The average molecular weight is 389 g/mol. The summed E-state index contributed by atoms with van der Waals surface area (Å²) in [6, 6.07) is 12.6. The van der Waals surface area contributed by atoms with Crippen molar-refractivity contribution in [1.82, 2.24) is 14.2 Å². The lowest BCUT2D eigenvalue weighted by Gasteiger charge is -2.35. The van der Waals surface area contributed by atoms with Crippen LogP contribution in [0.15, 0.2) is 47.3 Å². The van der Waals surface area contributed by atoms with Crippen LogP contribution in [0.3, 0.4) is 0 Å². The molecule has 0 atom stereocenters. The Hall–Kier alpha value is -2.45. The molecule has 0 saturated carbocycles. The highest BCUT2D eigenvalue weighted by molar-refractivity contribution is 7.88.